The number of rotatable bonds is 6. The molecule has 0 atom stereocenters. The summed E-state index contributed by atoms with van der Waals surface area (Å²) in [7, 11) is 5.57. The van der Waals surface area contributed by atoms with E-state index in [1.165, 1.54) is 12.8 Å². The third-order valence-corrected chi connectivity index (χ3v) is 4.26. The number of methoxy groups -OCH3 is 1. The third kappa shape index (κ3) is 6.08. The summed E-state index contributed by atoms with van der Waals surface area (Å²) in [5.74, 6) is 1.41. The summed E-state index contributed by atoms with van der Waals surface area (Å²) in [5.41, 5.74) is 2.10. The summed E-state index contributed by atoms with van der Waals surface area (Å²) in [4.78, 5) is 6.75. The molecule has 0 radical (unpaired) electrons. The van der Waals surface area contributed by atoms with Gasteiger partial charge in [0.1, 0.15) is 0 Å². The number of aromatic nitrogens is 1. The fourth-order valence-corrected chi connectivity index (χ4v) is 3.08. The number of phenols is 1. The molecule has 0 aliphatic heterocycles. The number of hydrogen-bond acceptors (Lipinski definition) is 3. The number of phenolic OH excluding ortho intramolecular Hbond substituents is 1. The van der Waals surface area contributed by atoms with Crippen molar-refractivity contribution in [2.75, 3.05) is 20.7 Å². The van der Waals surface area contributed by atoms with Gasteiger partial charge in [0.05, 0.1) is 20.2 Å². The van der Waals surface area contributed by atoms with Crippen molar-refractivity contribution in [2.24, 2.45) is 12.0 Å². The van der Waals surface area contributed by atoms with E-state index >= 15 is 0 Å². The second kappa shape index (κ2) is 10.7. The molecule has 26 heavy (non-hydrogen) atoms. The van der Waals surface area contributed by atoms with Crippen LogP contribution in [0.3, 0.4) is 0 Å². The fourth-order valence-electron chi connectivity index (χ4n) is 2.51. The lowest BCUT2D eigenvalue weighted by Gasteiger charge is -2.22. The van der Waals surface area contributed by atoms with Gasteiger partial charge in [-0.05, 0) is 46.6 Å². The molecule has 0 spiro atoms. The van der Waals surface area contributed by atoms with E-state index in [-0.39, 0.29) is 29.7 Å². The first kappa shape index (κ1) is 22.6. The summed E-state index contributed by atoms with van der Waals surface area (Å²) in [6.45, 7) is 4.04. The zero-order valence-corrected chi connectivity index (χ0v) is 19.4. The molecule has 1 heterocycles. The molecular formula is C18H26BrIN4O2. The molecule has 6 nitrogen and oxygen atoms in total. The fraction of sp³-hybridized carbons (Fsp3) is 0.389. The maximum Gasteiger partial charge on any atom is 0.194 e. The molecule has 0 aliphatic carbocycles. The van der Waals surface area contributed by atoms with Crippen LogP contribution in [0, 0.1) is 0 Å². The lowest BCUT2D eigenvalue weighted by molar-refractivity contribution is 0.373. The highest BCUT2D eigenvalue weighted by atomic mass is 127. The number of guanidine groups is 1. The Hall–Kier alpha value is -1.42. The Kier molecular flexibility index (Phi) is 9.28. The van der Waals surface area contributed by atoms with Crippen LogP contribution < -0.4 is 10.1 Å². The maximum atomic E-state index is 9.89. The van der Waals surface area contributed by atoms with E-state index < -0.39 is 0 Å². The SMILES string of the molecule is CCNC(=NCc1ccc(OC)c(O)c1)N(C)Cc1cc(Br)cn1C.I. The first-order chi connectivity index (χ1) is 11.9. The highest BCUT2D eigenvalue weighted by Gasteiger charge is 2.10. The van der Waals surface area contributed by atoms with E-state index in [1.54, 1.807) is 12.1 Å². The maximum absolute atomic E-state index is 9.89. The summed E-state index contributed by atoms with van der Waals surface area (Å²) >= 11 is 3.50. The number of aliphatic imine (C=N–C) groups is 1. The largest absolute Gasteiger partial charge is 0.504 e. The first-order valence-electron chi connectivity index (χ1n) is 8.10. The van der Waals surface area contributed by atoms with Crippen molar-refractivity contribution in [1.29, 1.82) is 0 Å². The Morgan fingerprint density at radius 3 is 2.65 bits per heavy atom. The van der Waals surface area contributed by atoms with Crippen LogP contribution in [-0.2, 0) is 20.1 Å². The average molecular weight is 537 g/mol. The van der Waals surface area contributed by atoms with Crippen LogP contribution in [0.2, 0.25) is 0 Å². The van der Waals surface area contributed by atoms with Gasteiger partial charge in [-0.3, -0.25) is 0 Å². The number of halogens is 2. The van der Waals surface area contributed by atoms with E-state index in [2.05, 4.69) is 41.8 Å². The minimum absolute atomic E-state index is 0. The molecule has 2 rings (SSSR count). The van der Waals surface area contributed by atoms with Crippen molar-refractivity contribution in [1.82, 2.24) is 14.8 Å². The smallest absolute Gasteiger partial charge is 0.194 e. The van der Waals surface area contributed by atoms with Crippen LogP contribution in [0.1, 0.15) is 18.2 Å². The van der Waals surface area contributed by atoms with Crippen LogP contribution in [0.15, 0.2) is 39.9 Å². The lowest BCUT2D eigenvalue weighted by Crippen LogP contribution is -2.38. The molecule has 0 bridgehead atoms. The topological polar surface area (TPSA) is 62.0 Å². The number of nitrogens with zero attached hydrogens (tertiary/aromatic N) is 3. The molecule has 2 aromatic rings. The van der Waals surface area contributed by atoms with Crippen molar-refractivity contribution in [3.05, 3.63) is 46.2 Å². The molecule has 0 amide bonds. The highest BCUT2D eigenvalue weighted by molar-refractivity contribution is 14.0. The van der Waals surface area contributed by atoms with Gasteiger partial charge in [0.15, 0.2) is 17.5 Å². The van der Waals surface area contributed by atoms with Crippen LogP contribution in [-0.4, -0.2) is 41.2 Å². The van der Waals surface area contributed by atoms with E-state index in [9.17, 15) is 5.11 Å². The predicted octanol–water partition coefficient (Wildman–Crippen LogP) is 3.72. The molecule has 144 valence electrons. The summed E-state index contributed by atoms with van der Waals surface area (Å²) in [6, 6.07) is 7.43. The number of hydrogen-bond donors (Lipinski definition) is 2. The van der Waals surface area contributed by atoms with Crippen LogP contribution >= 0.6 is 39.9 Å². The Labute approximate surface area is 180 Å². The van der Waals surface area contributed by atoms with Crippen molar-refractivity contribution in [2.45, 2.75) is 20.0 Å². The van der Waals surface area contributed by atoms with Gasteiger partial charge in [-0.25, -0.2) is 4.99 Å². The van der Waals surface area contributed by atoms with E-state index in [0.29, 0.717) is 12.3 Å². The van der Waals surface area contributed by atoms with E-state index in [0.717, 1.165) is 29.1 Å². The predicted molar refractivity (Wildman–Crippen MR) is 119 cm³/mol. The van der Waals surface area contributed by atoms with Gasteiger partial charge < -0.3 is 24.6 Å². The summed E-state index contributed by atoms with van der Waals surface area (Å²) in [6.07, 6.45) is 2.04. The Morgan fingerprint density at radius 1 is 1.38 bits per heavy atom. The molecule has 1 aromatic heterocycles. The number of aryl methyl sites for hydroxylation is 1. The van der Waals surface area contributed by atoms with Gasteiger partial charge in [-0.1, -0.05) is 6.07 Å². The Bertz CT molecular complexity index is 749. The normalized spacial score (nSPS) is 11.0. The Balaban J connectivity index is 0.00000338. The average Bonchev–Trinajstić information content (AvgIpc) is 2.88. The number of benzene rings is 1. The first-order valence-corrected chi connectivity index (χ1v) is 8.90. The van der Waals surface area contributed by atoms with E-state index in [1.807, 2.05) is 33.3 Å². The van der Waals surface area contributed by atoms with Crippen LogP contribution in [0.4, 0.5) is 0 Å². The van der Waals surface area contributed by atoms with E-state index in [4.69, 9.17) is 4.74 Å². The Morgan fingerprint density at radius 2 is 2.12 bits per heavy atom. The molecular weight excluding hydrogens is 511 g/mol. The van der Waals surface area contributed by atoms with Gasteiger partial charge in [0.2, 0.25) is 0 Å². The standard InChI is InChI=1S/C18H25BrN4O2.HI/c1-5-20-18(23(3)12-15-9-14(19)11-22(15)2)21-10-13-6-7-17(25-4)16(24)8-13;/h6-9,11,24H,5,10,12H2,1-4H3,(H,20,21);1H. The van der Waals surface area contributed by atoms with Crippen molar-refractivity contribution < 1.29 is 9.84 Å². The molecule has 2 N–H and O–H groups in total. The van der Waals surface area contributed by atoms with Gasteiger partial charge >= 0.3 is 0 Å². The third-order valence-electron chi connectivity index (χ3n) is 3.82. The van der Waals surface area contributed by atoms with Gasteiger partial charge in [0, 0.05) is 37.0 Å². The molecule has 0 saturated carbocycles. The minimum Gasteiger partial charge on any atom is -0.504 e. The summed E-state index contributed by atoms with van der Waals surface area (Å²) < 4.78 is 8.22. The van der Waals surface area contributed by atoms with Crippen LogP contribution in [0.5, 0.6) is 11.5 Å². The number of ether oxygens (including phenoxy) is 1. The van der Waals surface area contributed by atoms with Gasteiger partial charge in [-0.2, -0.15) is 0 Å². The molecule has 0 fully saturated rings. The van der Waals surface area contributed by atoms with Crippen molar-refractivity contribution in [3.8, 4) is 11.5 Å². The van der Waals surface area contributed by atoms with Crippen molar-refractivity contribution in [3.63, 3.8) is 0 Å². The molecule has 0 unspecified atom stereocenters. The molecule has 0 saturated heterocycles. The van der Waals surface area contributed by atoms with Crippen LogP contribution in [0.25, 0.3) is 0 Å². The summed E-state index contributed by atoms with van der Waals surface area (Å²) in [5, 5.41) is 13.2. The molecule has 8 heteroatoms. The van der Waals surface area contributed by atoms with Gasteiger partial charge in [-0.15, -0.1) is 24.0 Å². The highest BCUT2D eigenvalue weighted by Crippen LogP contribution is 2.26. The van der Waals surface area contributed by atoms with Gasteiger partial charge in [0.25, 0.3) is 0 Å². The lowest BCUT2D eigenvalue weighted by atomic mass is 10.2. The molecule has 1 aromatic carbocycles. The van der Waals surface area contributed by atoms with Crippen molar-refractivity contribution >= 4 is 45.9 Å². The zero-order valence-electron chi connectivity index (χ0n) is 15.5. The quantitative estimate of drug-likeness (QED) is 0.335. The number of aromatic hydroxyl groups is 1. The second-order valence-electron chi connectivity index (χ2n) is 5.79. The molecule has 0 aliphatic rings. The number of nitrogens with one attached hydrogen (secondary N) is 1. The second-order valence-corrected chi connectivity index (χ2v) is 6.71. The minimum atomic E-state index is 0. The zero-order chi connectivity index (χ0) is 18.4. The monoisotopic (exact) mass is 536 g/mol.